The summed E-state index contributed by atoms with van der Waals surface area (Å²) in [5, 5.41) is 13.1. The van der Waals surface area contributed by atoms with Crippen molar-refractivity contribution < 1.29 is 0 Å². The molecule has 156 valence electrons. The molecule has 0 saturated carbocycles. The summed E-state index contributed by atoms with van der Waals surface area (Å²) in [5.74, 6) is 0. The van der Waals surface area contributed by atoms with Gasteiger partial charge in [-0.3, -0.25) is 0 Å². The Kier molecular flexibility index (Phi) is 3.92. The van der Waals surface area contributed by atoms with E-state index in [2.05, 4.69) is 109 Å². The van der Waals surface area contributed by atoms with Gasteiger partial charge in [-0.05, 0) is 65.5 Å². The van der Waals surface area contributed by atoms with E-state index in [0.717, 1.165) is 6.54 Å². The van der Waals surface area contributed by atoms with Crippen molar-refractivity contribution in [1.29, 1.82) is 0 Å². The van der Waals surface area contributed by atoms with Gasteiger partial charge in [-0.15, -0.1) is 0 Å². The summed E-state index contributed by atoms with van der Waals surface area (Å²) in [4.78, 5) is 4.06. The summed E-state index contributed by atoms with van der Waals surface area (Å²) in [6, 6.07) is 33.7. The predicted octanol–water partition coefficient (Wildman–Crippen LogP) is 7.67. The molecule has 0 fully saturated rings. The second kappa shape index (κ2) is 6.98. The third-order valence-corrected chi connectivity index (χ3v) is 6.86. The minimum Gasteiger partial charge on any atom is -0.349 e. The molecule has 6 aromatic carbocycles. The van der Waals surface area contributed by atoms with Crippen LogP contribution in [0.25, 0.3) is 53.9 Å². The maximum absolute atomic E-state index is 3.32. The number of rotatable bonds is 2. The summed E-state index contributed by atoms with van der Waals surface area (Å²) < 4.78 is 0. The molecule has 0 unspecified atom stereocenters. The average Bonchev–Trinajstić information content (AvgIpc) is 3.27. The molecule has 2 radical (unpaired) electrons. The van der Waals surface area contributed by atoms with Gasteiger partial charge in [0.15, 0.2) is 0 Å². The van der Waals surface area contributed by atoms with Gasteiger partial charge in [-0.25, -0.2) is 0 Å². The Bertz CT molecular complexity index is 1730. The van der Waals surface area contributed by atoms with Crippen LogP contribution in [0.15, 0.2) is 103 Å². The van der Waals surface area contributed by atoms with Crippen molar-refractivity contribution in [3.63, 3.8) is 0 Å². The zero-order valence-corrected chi connectivity index (χ0v) is 18.4. The molecule has 0 N–H and O–H groups in total. The van der Waals surface area contributed by atoms with Crippen LogP contribution >= 0.6 is 0 Å². The highest BCUT2D eigenvalue weighted by Gasteiger charge is 2.14. The number of hydrogen-bond donors (Lipinski definition) is 0. The van der Waals surface area contributed by atoms with Crippen molar-refractivity contribution in [2.45, 2.75) is 6.54 Å². The zero-order valence-electron chi connectivity index (χ0n) is 18.4. The van der Waals surface area contributed by atoms with Crippen LogP contribution < -0.4 is 0 Å². The van der Waals surface area contributed by atoms with Crippen LogP contribution in [0.4, 0.5) is 0 Å². The summed E-state index contributed by atoms with van der Waals surface area (Å²) >= 11 is 0. The molecule has 0 atom stereocenters. The molecule has 0 bridgehead atoms. The lowest BCUT2D eigenvalue weighted by Crippen LogP contribution is -2.15. The van der Waals surface area contributed by atoms with Gasteiger partial charge in [-0.2, -0.15) is 0 Å². The first kappa shape index (κ1) is 18.5. The number of benzene rings is 6. The van der Waals surface area contributed by atoms with Crippen molar-refractivity contribution in [2.75, 3.05) is 7.05 Å². The van der Waals surface area contributed by atoms with Crippen LogP contribution in [0, 0.1) is 6.67 Å². The van der Waals surface area contributed by atoms with E-state index in [1.54, 1.807) is 0 Å². The molecule has 0 aliphatic carbocycles. The van der Waals surface area contributed by atoms with Gasteiger partial charge < -0.3 is 9.80 Å². The number of hydrogen-bond acceptors (Lipinski definition) is 2. The maximum Gasteiger partial charge on any atom is 0.207 e. The summed E-state index contributed by atoms with van der Waals surface area (Å²) in [6.45, 7) is 4.12. The maximum atomic E-state index is 3.32. The summed E-state index contributed by atoms with van der Waals surface area (Å²) in [5.41, 5.74) is 1.28. The fraction of sp³-hybridized carbons (Fsp3) is 0.0645. The van der Waals surface area contributed by atoms with Crippen molar-refractivity contribution in [3.05, 3.63) is 116 Å². The van der Waals surface area contributed by atoms with E-state index in [0.29, 0.717) is 0 Å². The third kappa shape index (κ3) is 2.87. The van der Waals surface area contributed by atoms with Gasteiger partial charge >= 0.3 is 0 Å². The van der Waals surface area contributed by atoms with Crippen LogP contribution in [0.1, 0.15) is 5.56 Å². The van der Waals surface area contributed by atoms with Crippen molar-refractivity contribution in [3.8, 4) is 0 Å². The SMILES string of the molecule is CN1[C]N(Cc2ccc3ccc4ccc5ccc6ccc7ccccc7c6c5c4c3c2)C=C1. The molecule has 1 aliphatic rings. The molecule has 0 saturated heterocycles. The molecular weight excluding hydrogens is 400 g/mol. The molecular formula is C31H22N2. The lowest BCUT2D eigenvalue weighted by atomic mass is 9.90. The Morgan fingerprint density at radius 3 is 1.85 bits per heavy atom. The van der Waals surface area contributed by atoms with Crippen molar-refractivity contribution in [1.82, 2.24) is 9.80 Å². The Hall–Kier alpha value is -4.04. The number of fused-ring (bicyclic) bond motifs is 9. The van der Waals surface area contributed by atoms with Crippen LogP contribution in [-0.4, -0.2) is 16.8 Å². The number of nitrogens with zero attached hydrogens (tertiary/aromatic N) is 2. The minimum atomic E-state index is 0.807. The molecule has 0 aromatic heterocycles. The normalized spacial score (nSPS) is 14.0. The average molecular weight is 423 g/mol. The first-order valence-electron chi connectivity index (χ1n) is 11.4. The first-order valence-corrected chi connectivity index (χ1v) is 11.4. The second-order valence-electron chi connectivity index (χ2n) is 8.97. The van der Waals surface area contributed by atoms with E-state index < -0.39 is 0 Å². The first-order chi connectivity index (χ1) is 16.2. The third-order valence-electron chi connectivity index (χ3n) is 6.86. The molecule has 2 heteroatoms. The smallest absolute Gasteiger partial charge is 0.207 e. The van der Waals surface area contributed by atoms with Crippen molar-refractivity contribution >= 4 is 53.9 Å². The molecule has 1 aliphatic heterocycles. The monoisotopic (exact) mass is 422 g/mol. The highest BCUT2D eigenvalue weighted by Crippen LogP contribution is 2.39. The van der Waals surface area contributed by atoms with Gasteiger partial charge in [0.2, 0.25) is 6.67 Å². The van der Waals surface area contributed by atoms with Crippen molar-refractivity contribution in [2.24, 2.45) is 0 Å². The van der Waals surface area contributed by atoms with E-state index in [9.17, 15) is 0 Å². The van der Waals surface area contributed by atoms with Crippen LogP contribution in [0.5, 0.6) is 0 Å². The fourth-order valence-electron chi connectivity index (χ4n) is 5.34. The quantitative estimate of drug-likeness (QED) is 0.264. The predicted molar refractivity (Wildman–Crippen MR) is 140 cm³/mol. The Labute approximate surface area is 192 Å². The standard InChI is InChI=1S/C31H22N2/c1-32-16-17-33(20-32)19-21-6-7-23-9-11-25-13-15-26-14-12-24-10-8-22-4-2-3-5-27(22)29(24)31(26)30(25)28(23)18-21/h2-18H,19H2,1H3. The molecule has 1 heterocycles. The molecule has 0 spiro atoms. The molecule has 2 nitrogen and oxygen atoms in total. The molecule has 7 rings (SSSR count). The fourth-order valence-corrected chi connectivity index (χ4v) is 5.34. The largest absolute Gasteiger partial charge is 0.349 e. The van der Waals surface area contributed by atoms with E-state index in [1.807, 2.05) is 18.1 Å². The van der Waals surface area contributed by atoms with Crippen LogP contribution in [-0.2, 0) is 6.54 Å². The van der Waals surface area contributed by atoms with Gasteiger partial charge in [0.05, 0.1) is 0 Å². The lowest BCUT2D eigenvalue weighted by Gasteiger charge is -2.17. The summed E-state index contributed by atoms with van der Waals surface area (Å²) in [7, 11) is 2.01. The van der Waals surface area contributed by atoms with Gasteiger partial charge in [0.1, 0.15) is 0 Å². The zero-order chi connectivity index (χ0) is 21.9. The van der Waals surface area contributed by atoms with E-state index in [1.165, 1.54) is 59.4 Å². The van der Waals surface area contributed by atoms with Gasteiger partial charge in [-0.1, -0.05) is 84.9 Å². The minimum absolute atomic E-state index is 0.807. The van der Waals surface area contributed by atoms with Gasteiger partial charge in [0.25, 0.3) is 0 Å². The highest BCUT2D eigenvalue weighted by atomic mass is 15.3. The highest BCUT2D eigenvalue weighted by molar-refractivity contribution is 6.32. The van der Waals surface area contributed by atoms with E-state index in [4.69, 9.17) is 0 Å². The summed E-state index contributed by atoms with van der Waals surface area (Å²) in [6.07, 6.45) is 4.10. The Morgan fingerprint density at radius 1 is 0.576 bits per heavy atom. The van der Waals surface area contributed by atoms with Gasteiger partial charge in [0, 0.05) is 26.0 Å². The molecule has 33 heavy (non-hydrogen) atoms. The van der Waals surface area contributed by atoms with E-state index >= 15 is 0 Å². The topological polar surface area (TPSA) is 6.48 Å². The second-order valence-corrected chi connectivity index (χ2v) is 8.97. The van der Waals surface area contributed by atoms with Crippen LogP contribution in [0.3, 0.4) is 0 Å². The Balaban J connectivity index is 1.59. The molecule has 6 aromatic rings. The van der Waals surface area contributed by atoms with Crippen LogP contribution in [0.2, 0.25) is 0 Å². The molecule has 0 amide bonds. The van der Waals surface area contributed by atoms with E-state index in [-0.39, 0.29) is 0 Å². The Morgan fingerprint density at radius 2 is 1.15 bits per heavy atom. The lowest BCUT2D eigenvalue weighted by molar-refractivity contribution is 0.374.